The topological polar surface area (TPSA) is 44.5 Å². The summed E-state index contributed by atoms with van der Waals surface area (Å²) in [4.78, 5) is 0. The minimum atomic E-state index is -0.00604. The van der Waals surface area contributed by atoms with Crippen LogP contribution in [0.5, 0.6) is 11.5 Å². The molecule has 21 heavy (non-hydrogen) atoms. The van der Waals surface area contributed by atoms with E-state index >= 15 is 0 Å². The van der Waals surface area contributed by atoms with E-state index in [2.05, 4.69) is 6.92 Å². The Kier molecular flexibility index (Phi) is 8.55. The molecular formula is C17H28ClNO2. The van der Waals surface area contributed by atoms with E-state index in [1.807, 2.05) is 12.1 Å². The molecule has 0 spiro atoms. The van der Waals surface area contributed by atoms with E-state index in [0.717, 1.165) is 18.4 Å². The molecule has 0 fully saturated rings. The zero-order valence-electron chi connectivity index (χ0n) is 13.5. The van der Waals surface area contributed by atoms with Gasteiger partial charge in [-0.25, -0.2) is 0 Å². The fourth-order valence-electron chi connectivity index (χ4n) is 2.46. The van der Waals surface area contributed by atoms with Crippen molar-refractivity contribution in [3.63, 3.8) is 0 Å². The Balaban J connectivity index is 2.54. The van der Waals surface area contributed by atoms with Crippen LogP contribution in [0.25, 0.3) is 0 Å². The molecule has 0 aromatic heterocycles. The standard InChI is InChI=1S/C17H28ClNO2/c1-4-5-6-7-8-9-10-15(19)13-11-14(18)17(21-3)16(12-13)20-2/h11-12,15H,4-10,19H2,1-3H3. The van der Waals surface area contributed by atoms with Crippen molar-refractivity contribution in [2.45, 2.75) is 57.9 Å². The molecule has 0 aliphatic rings. The van der Waals surface area contributed by atoms with Gasteiger partial charge in [-0.15, -0.1) is 0 Å². The van der Waals surface area contributed by atoms with Crippen LogP contribution in [0.15, 0.2) is 12.1 Å². The normalized spacial score (nSPS) is 12.2. The van der Waals surface area contributed by atoms with E-state index < -0.39 is 0 Å². The van der Waals surface area contributed by atoms with E-state index in [1.54, 1.807) is 14.2 Å². The minimum Gasteiger partial charge on any atom is -0.493 e. The second-order valence-corrected chi connectivity index (χ2v) is 5.81. The van der Waals surface area contributed by atoms with Crippen LogP contribution in [0, 0.1) is 0 Å². The molecule has 3 nitrogen and oxygen atoms in total. The van der Waals surface area contributed by atoms with Crippen molar-refractivity contribution in [1.82, 2.24) is 0 Å². The first-order valence-corrected chi connectivity index (χ1v) is 8.18. The smallest absolute Gasteiger partial charge is 0.179 e. The van der Waals surface area contributed by atoms with Gasteiger partial charge >= 0.3 is 0 Å². The molecule has 120 valence electrons. The fourth-order valence-corrected chi connectivity index (χ4v) is 2.76. The average Bonchev–Trinajstić information content (AvgIpc) is 2.49. The quantitative estimate of drug-likeness (QED) is 0.611. The molecule has 0 aliphatic carbocycles. The highest BCUT2D eigenvalue weighted by Gasteiger charge is 2.14. The Bertz CT molecular complexity index is 423. The Labute approximate surface area is 133 Å². The lowest BCUT2D eigenvalue weighted by atomic mass is 10.00. The predicted octanol–water partition coefficient (Wildman–Crippen LogP) is 5.11. The number of rotatable bonds is 10. The summed E-state index contributed by atoms with van der Waals surface area (Å²) in [5.74, 6) is 1.20. The van der Waals surface area contributed by atoms with Crippen LogP contribution in [-0.4, -0.2) is 14.2 Å². The zero-order valence-corrected chi connectivity index (χ0v) is 14.2. The number of halogens is 1. The van der Waals surface area contributed by atoms with Gasteiger partial charge in [-0.3, -0.25) is 0 Å². The molecule has 4 heteroatoms. The van der Waals surface area contributed by atoms with E-state index in [9.17, 15) is 0 Å². The summed E-state index contributed by atoms with van der Waals surface area (Å²) in [5.41, 5.74) is 7.27. The lowest BCUT2D eigenvalue weighted by molar-refractivity contribution is 0.354. The summed E-state index contributed by atoms with van der Waals surface area (Å²) in [7, 11) is 3.19. The summed E-state index contributed by atoms with van der Waals surface area (Å²) in [5, 5.41) is 0.547. The summed E-state index contributed by atoms with van der Waals surface area (Å²) < 4.78 is 10.6. The Morgan fingerprint density at radius 1 is 1.05 bits per heavy atom. The summed E-state index contributed by atoms with van der Waals surface area (Å²) in [6, 6.07) is 3.80. The van der Waals surface area contributed by atoms with Crippen molar-refractivity contribution in [2.24, 2.45) is 5.73 Å². The van der Waals surface area contributed by atoms with E-state index in [1.165, 1.54) is 32.1 Å². The van der Waals surface area contributed by atoms with Crippen molar-refractivity contribution in [1.29, 1.82) is 0 Å². The molecule has 1 rings (SSSR count). The molecule has 1 aromatic rings. The Morgan fingerprint density at radius 2 is 1.71 bits per heavy atom. The third kappa shape index (κ3) is 5.76. The molecule has 0 saturated carbocycles. The molecular weight excluding hydrogens is 286 g/mol. The van der Waals surface area contributed by atoms with Gasteiger partial charge in [-0.05, 0) is 24.1 Å². The lowest BCUT2D eigenvalue weighted by Crippen LogP contribution is -2.10. The first-order chi connectivity index (χ1) is 10.1. The van der Waals surface area contributed by atoms with Crippen LogP contribution in [0.1, 0.15) is 63.5 Å². The summed E-state index contributed by atoms with van der Waals surface area (Å²) >= 11 is 6.22. The SMILES string of the molecule is CCCCCCCCC(N)c1cc(Cl)c(OC)c(OC)c1. The fraction of sp³-hybridized carbons (Fsp3) is 0.647. The van der Waals surface area contributed by atoms with Gasteiger partial charge in [0.2, 0.25) is 0 Å². The number of nitrogens with two attached hydrogens (primary N) is 1. The number of hydrogen-bond donors (Lipinski definition) is 1. The summed E-state index contributed by atoms with van der Waals surface area (Å²) in [6.45, 7) is 2.23. The molecule has 1 unspecified atom stereocenters. The van der Waals surface area contributed by atoms with Crippen molar-refractivity contribution in [3.05, 3.63) is 22.7 Å². The number of ether oxygens (including phenoxy) is 2. The number of benzene rings is 1. The van der Waals surface area contributed by atoms with Gasteiger partial charge < -0.3 is 15.2 Å². The van der Waals surface area contributed by atoms with Crippen LogP contribution in [0.4, 0.5) is 0 Å². The van der Waals surface area contributed by atoms with Gasteiger partial charge in [0.05, 0.1) is 19.2 Å². The summed E-state index contributed by atoms with van der Waals surface area (Å²) in [6.07, 6.45) is 8.60. The maximum atomic E-state index is 6.26. The molecule has 0 saturated heterocycles. The third-order valence-corrected chi connectivity index (χ3v) is 4.03. The van der Waals surface area contributed by atoms with Crippen LogP contribution in [-0.2, 0) is 0 Å². The molecule has 0 bridgehead atoms. The second kappa shape index (κ2) is 9.91. The highest BCUT2D eigenvalue weighted by molar-refractivity contribution is 6.32. The molecule has 2 N–H and O–H groups in total. The van der Waals surface area contributed by atoms with Crippen LogP contribution >= 0.6 is 11.6 Å². The van der Waals surface area contributed by atoms with Gasteiger partial charge in [-0.1, -0.05) is 57.0 Å². The van der Waals surface area contributed by atoms with Crippen LogP contribution in [0.2, 0.25) is 5.02 Å². The second-order valence-electron chi connectivity index (χ2n) is 5.40. The largest absolute Gasteiger partial charge is 0.493 e. The average molecular weight is 314 g/mol. The van der Waals surface area contributed by atoms with Crippen LogP contribution < -0.4 is 15.2 Å². The van der Waals surface area contributed by atoms with E-state index in [4.69, 9.17) is 26.8 Å². The minimum absolute atomic E-state index is 0.00604. The van der Waals surface area contributed by atoms with Crippen molar-refractivity contribution >= 4 is 11.6 Å². The number of unbranched alkanes of at least 4 members (excludes halogenated alkanes) is 5. The Morgan fingerprint density at radius 3 is 2.33 bits per heavy atom. The van der Waals surface area contributed by atoms with Gasteiger partial charge in [0.25, 0.3) is 0 Å². The first-order valence-electron chi connectivity index (χ1n) is 7.81. The molecule has 0 heterocycles. The first kappa shape index (κ1) is 18.1. The highest BCUT2D eigenvalue weighted by Crippen LogP contribution is 2.37. The maximum Gasteiger partial charge on any atom is 0.179 e. The van der Waals surface area contributed by atoms with Gasteiger partial charge in [0, 0.05) is 6.04 Å². The number of methoxy groups -OCH3 is 2. The van der Waals surface area contributed by atoms with E-state index in [0.29, 0.717) is 16.5 Å². The molecule has 1 atom stereocenters. The monoisotopic (exact) mass is 313 g/mol. The van der Waals surface area contributed by atoms with Crippen molar-refractivity contribution < 1.29 is 9.47 Å². The van der Waals surface area contributed by atoms with Gasteiger partial charge in [0.15, 0.2) is 11.5 Å². The molecule has 1 aromatic carbocycles. The predicted molar refractivity (Wildman–Crippen MR) is 89.5 cm³/mol. The maximum absolute atomic E-state index is 6.26. The lowest BCUT2D eigenvalue weighted by Gasteiger charge is -2.16. The van der Waals surface area contributed by atoms with Crippen molar-refractivity contribution in [3.8, 4) is 11.5 Å². The van der Waals surface area contributed by atoms with Gasteiger partial charge in [0.1, 0.15) is 0 Å². The van der Waals surface area contributed by atoms with Crippen LogP contribution in [0.3, 0.4) is 0 Å². The number of hydrogen-bond acceptors (Lipinski definition) is 3. The molecule has 0 aliphatic heterocycles. The van der Waals surface area contributed by atoms with E-state index in [-0.39, 0.29) is 6.04 Å². The van der Waals surface area contributed by atoms with Crippen molar-refractivity contribution in [2.75, 3.05) is 14.2 Å². The Hall–Kier alpha value is -0.930. The zero-order chi connectivity index (χ0) is 15.7. The van der Waals surface area contributed by atoms with Gasteiger partial charge in [-0.2, -0.15) is 0 Å². The highest BCUT2D eigenvalue weighted by atomic mass is 35.5. The third-order valence-electron chi connectivity index (χ3n) is 3.75. The molecule has 0 radical (unpaired) electrons. The molecule has 0 amide bonds.